The molecule has 0 unspecified atom stereocenters. The zero-order valence-electron chi connectivity index (χ0n) is 12.0. The van der Waals surface area contributed by atoms with Crippen molar-refractivity contribution in [3.63, 3.8) is 0 Å². The van der Waals surface area contributed by atoms with Crippen molar-refractivity contribution in [2.24, 2.45) is 0 Å². The average molecular weight is 275 g/mol. The summed E-state index contributed by atoms with van der Waals surface area (Å²) in [5, 5.41) is 3.70. The summed E-state index contributed by atoms with van der Waals surface area (Å²) >= 11 is 2.07. The van der Waals surface area contributed by atoms with E-state index in [1.807, 2.05) is 0 Å². The fraction of sp³-hybridized carbons (Fsp3) is 0.647. The van der Waals surface area contributed by atoms with Crippen LogP contribution in [0.1, 0.15) is 55.6 Å². The molecule has 0 amide bonds. The lowest BCUT2D eigenvalue weighted by Gasteiger charge is -2.27. The second-order valence-corrected chi connectivity index (χ2v) is 7.49. The van der Waals surface area contributed by atoms with Crippen LogP contribution in [0.4, 0.5) is 0 Å². The third-order valence-corrected chi connectivity index (χ3v) is 6.14. The Morgan fingerprint density at radius 3 is 2.74 bits per heavy atom. The van der Waals surface area contributed by atoms with E-state index in [0.29, 0.717) is 4.75 Å². The van der Waals surface area contributed by atoms with Gasteiger partial charge in [-0.25, -0.2) is 0 Å². The predicted molar refractivity (Wildman–Crippen MR) is 84.8 cm³/mol. The zero-order valence-corrected chi connectivity index (χ0v) is 12.8. The van der Waals surface area contributed by atoms with E-state index in [4.69, 9.17) is 0 Å². The third kappa shape index (κ3) is 3.35. The van der Waals surface area contributed by atoms with Crippen LogP contribution in [0.5, 0.6) is 0 Å². The highest BCUT2D eigenvalue weighted by atomic mass is 32.2. The van der Waals surface area contributed by atoms with Gasteiger partial charge in [-0.1, -0.05) is 37.1 Å². The molecule has 2 aliphatic rings. The highest BCUT2D eigenvalue weighted by Crippen LogP contribution is 2.40. The van der Waals surface area contributed by atoms with Gasteiger partial charge in [-0.15, -0.1) is 0 Å². The molecule has 0 aromatic heterocycles. The smallest absolute Gasteiger partial charge is 0.0281 e. The third-order valence-electron chi connectivity index (χ3n) is 4.72. The first-order valence-electron chi connectivity index (χ1n) is 7.66. The van der Waals surface area contributed by atoms with Gasteiger partial charge in [-0.3, -0.25) is 0 Å². The van der Waals surface area contributed by atoms with Gasteiger partial charge in [0.1, 0.15) is 0 Å². The topological polar surface area (TPSA) is 12.0 Å². The molecular formula is C17H25NS. The lowest BCUT2D eigenvalue weighted by molar-refractivity contribution is 0.533. The fourth-order valence-electron chi connectivity index (χ4n) is 3.28. The van der Waals surface area contributed by atoms with Crippen molar-refractivity contribution in [1.29, 1.82) is 0 Å². The monoisotopic (exact) mass is 275 g/mol. The predicted octanol–water partition coefficient (Wildman–Crippen LogP) is 4.33. The van der Waals surface area contributed by atoms with Crippen LogP contribution in [0, 0.1) is 0 Å². The summed E-state index contributed by atoms with van der Waals surface area (Å²) in [5.74, 6) is 0.868. The van der Waals surface area contributed by atoms with E-state index in [1.165, 1.54) is 50.6 Å². The molecule has 1 aromatic rings. The normalized spacial score (nSPS) is 21.7. The molecule has 0 aliphatic heterocycles. The van der Waals surface area contributed by atoms with E-state index >= 15 is 0 Å². The lowest BCUT2D eigenvalue weighted by Crippen LogP contribution is -2.34. The van der Waals surface area contributed by atoms with Gasteiger partial charge >= 0.3 is 0 Å². The van der Waals surface area contributed by atoms with Crippen LogP contribution < -0.4 is 5.32 Å². The van der Waals surface area contributed by atoms with Crippen LogP contribution >= 0.6 is 11.8 Å². The Bertz CT molecular complexity index is 419. The van der Waals surface area contributed by atoms with Crippen LogP contribution in [0.2, 0.25) is 0 Å². The summed E-state index contributed by atoms with van der Waals surface area (Å²) in [6.45, 7) is 2.20. The summed E-state index contributed by atoms with van der Waals surface area (Å²) in [4.78, 5) is 0. The first-order valence-corrected chi connectivity index (χ1v) is 8.88. The van der Waals surface area contributed by atoms with Gasteiger partial charge in [-0.2, -0.15) is 11.8 Å². The van der Waals surface area contributed by atoms with E-state index in [2.05, 4.69) is 47.6 Å². The summed E-state index contributed by atoms with van der Waals surface area (Å²) in [6.07, 6.45) is 10.7. The Kier molecular flexibility index (Phi) is 4.18. The molecule has 3 rings (SSSR count). The summed E-state index contributed by atoms with van der Waals surface area (Å²) in [7, 11) is 0. The maximum atomic E-state index is 3.70. The standard InChI is InChI=1S/C17H25NS/c1-19-17(9-2-3-10-17)13-18-12-14-5-4-6-16(11-14)15-7-8-15/h4-6,11,15,18H,2-3,7-10,12-13H2,1H3. The Hall–Kier alpha value is -0.470. The Labute approximate surface area is 121 Å². The summed E-state index contributed by atoms with van der Waals surface area (Å²) in [5.41, 5.74) is 3.01. The molecule has 104 valence electrons. The first kappa shape index (κ1) is 13.5. The van der Waals surface area contributed by atoms with E-state index in [0.717, 1.165) is 12.5 Å². The van der Waals surface area contributed by atoms with Crippen molar-refractivity contribution in [3.8, 4) is 0 Å². The summed E-state index contributed by atoms with van der Waals surface area (Å²) in [6, 6.07) is 9.19. The van der Waals surface area contributed by atoms with E-state index in [-0.39, 0.29) is 0 Å². The first-order chi connectivity index (χ1) is 9.31. The molecule has 0 heterocycles. The van der Waals surface area contributed by atoms with Crippen molar-refractivity contribution in [1.82, 2.24) is 5.32 Å². The Morgan fingerprint density at radius 2 is 2.05 bits per heavy atom. The molecule has 0 spiro atoms. The molecule has 1 nitrogen and oxygen atoms in total. The van der Waals surface area contributed by atoms with Crippen LogP contribution in [-0.2, 0) is 6.54 Å². The fourth-order valence-corrected chi connectivity index (χ4v) is 4.22. The maximum absolute atomic E-state index is 3.70. The van der Waals surface area contributed by atoms with E-state index in [1.54, 1.807) is 5.56 Å². The van der Waals surface area contributed by atoms with Gasteiger partial charge in [0.15, 0.2) is 0 Å². The quantitative estimate of drug-likeness (QED) is 0.829. The van der Waals surface area contributed by atoms with Gasteiger partial charge in [0, 0.05) is 17.8 Å². The molecule has 1 aromatic carbocycles. The second kappa shape index (κ2) is 5.88. The molecule has 1 N–H and O–H groups in total. The SMILES string of the molecule is CSC1(CNCc2cccc(C3CC3)c2)CCCC1. The molecule has 2 saturated carbocycles. The van der Waals surface area contributed by atoms with Crippen molar-refractivity contribution in [2.45, 2.75) is 55.7 Å². The molecule has 0 radical (unpaired) electrons. The minimum absolute atomic E-state index is 0.522. The van der Waals surface area contributed by atoms with Crippen LogP contribution in [-0.4, -0.2) is 17.5 Å². The van der Waals surface area contributed by atoms with Gasteiger partial charge in [0.05, 0.1) is 0 Å². The number of hydrogen-bond donors (Lipinski definition) is 1. The molecular weight excluding hydrogens is 250 g/mol. The number of thioether (sulfide) groups is 1. The zero-order chi connectivity index (χ0) is 13.1. The van der Waals surface area contributed by atoms with Gasteiger partial charge in [0.25, 0.3) is 0 Å². The van der Waals surface area contributed by atoms with E-state index < -0.39 is 0 Å². The van der Waals surface area contributed by atoms with Gasteiger partial charge in [-0.05, 0) is 49.0 Å². The number of hydrogen-bond acceptors (Lipinski definition) is 2. The Balaban J connectivity index is 1.52. The van der Waals surface area contributed by atoms with Gasteiger partial charge in [0.2, 0.25) is 0 Å². The molecule has 0 bridgehead atoms. The van der Waals surface area contributed by atoms with Gasteiger partial charge < -0.3 is 5.32 Å². The van der Waals surface area contributed by atoms with Crippen molar-refractivity contribution in [2.75, 3.05) is 12.8 Å². The minimum atomic E-state index is 0.522. The van der Waals surface area contributed by atoms with Crippen LogP contribution in [0.3, 0.4) is 0 Å². The molecule has 19 heavy (non-hydrogen) atoms. The maximum Gasteiger partial charge on any atom is 0.0281 e. The number of rotatable bonds is 6. The van der Waals surface area contributed by atoms with E-state index in [9.17, 15) is 0 Å². The van der Waals surface area contributed by atoms with Crippen LogP contribution in [0.25, 0.3) is 0 Å². The second-order valence-electron chi connectivity index (χ2n) is 6.22. The highest BCUT2D eigenvalue weighted by molar-refractivity contribution is 8.00. The van der Waals surface area contributed by atoms with Crippen molar-refractivity contribution < 1.29 is 0 Å². The Morgan fingerprint density at radius 1 is 1.26 bits per heavy atom. The number of benzene rings is 1. The molecule has 0 atom stereocenters. The average Bonchev–Trinajstić information content (AvgIpc) is 3.20. The minimum Gasteiger partial charge on any atom is -0.311 e. The molecule has 2 aliphatic carbocycles. The van der Waals surface area contributed by atoms with Crippen LogP contribution in [0.15, 0.2) is 24.3 Å². The molecule has 0 saturated heterocycles. The highest BCUT2D eigenvalue weighted by Gasteiger charge is 2.32. The molecule has 2 fully saturated rings. The molecule has 2 heteroatoms. The van der Waals surface area contributed by atoms with Crippen molar-refractivity contribution in [3.05, 3.63) is 35.4 Å². The van der Waals surface area contributed by atoms with Crippen molar-refractivity contribution >= 4 is 11.8 Å². The summed E-state index contributed by atoms with van der Waals surface area (Å²) < 4.78 is 0.522. The largest absolute Gasteiger partial charge is 0.311 e. The number of nitrogens with one attached hydrogen (secondary N) is 1. The lowest BCUT2D eigenvalue weighted by atomic mass is 10.1.